The number of furan rings is 1. The van der Waals surface area contributed by atoms with E-state index in [0.717, 1.165) is 16.5 Å². The first-order chi connectivity index (χ1) is 20.7. The normalized spacial score (nSPS) is 21.7. The van der Waals surface area contributed by atoms with E-state index in [0.29, 0.717) is 12.2 Å². The molecule has 4 N–H and O–H groups in total. The Hall–Kier alpha value is -4.62. The fourth-order valence-electron chi connectivity index (χ4n) is 4.65. The van der Waals surface area contributed by atoms with Gasteiger partial charge in [-0.3, -0.25) is 4.79 Å². The van der Waals surface area contributed by atoms with Crippen LogP contribution < -0.4 is 14.2 Å². The molecule has 0 saturated carbocycles. The maximum Gasteiger partial charge on any atom is 0.513 e. The van der Waals surface area contributed by atoms with E-state index < -0.39 is 49.3 Å². The molecule has 0 aliphatic carbocycles. The number of carbonyl (C=O) groups excluding carboxylic acids is 2. The minimum atomic E-state index is -1.75. The molecule has 0 unspecified atom stereocenters. The first-order valence-electron chi connectivity index (χ1n) is 13.4. The zero-order valence-electron chi connectivity index (χ0n) is 23.0. The molecule has 43 heavy (non-hydrogen) atoms. The van der Waals surface area contributed by atoms with Gasteiger partial charge in [-0.05, 0) is 66.6 Å². The smallest absolute Gasteiger partial charge is 0.507 e. The van der Waals surface area contributed by atoms with Gasteiger partial charge in [-0.2, -0.15) is 0 Å². The molecule has 5 rings (SSSR count). The van der Waals surface area contributed by atoms with Crippen LogP contribution in [0.5, 0.6) is 23.0 Å². The van der Waals surface area contributed by atoms with Gasteiger partial charge < -0.3 is 48.5 Å². The predicted octanol–water partition coefficient (Wildman–Crippen LogP) is 3.36. The Labute approximate surface area is 245 Å². The summed E-state index contributed by atoms with van der Waals surface area (Å²) in [5.74, 6) is -0.161. The number of hydrogen-bond donors (Lipinski definition) is 4. The molecule has 1 aliphatic rings. The average molecular weight is 595 g/mol. The van der Waals surface area contributed by atoms with Crippen LogP contribution >= 0.6 is 0 Å². The zero-order valence-corrected chi connectivity index (χ0v) is 23.0. The summed E-state index contributed by atoms with van der Waals surface area (Å²) in [6.07, 6.45) is -7.21. The van der Waals surface area contributed by atoms with Crippen molar-refractivity contribution in [3.63, 3.8) is 0 Å². The summed E-state index contributed by atoms with van der Waals surface area (Å²) in [7, 11) is 1.49. The number of aliphatic hydroxyl groups excluding tert-OH is 3. The Kier molecular flexibility index (Phi) is 9.12. The summed E-state index contributed by atoms with van der Waals surface area (Å²) in [6.45, 7) is -0.563. The summed E-state index contributed by atoms with van der Waals surface area (Å²) in [5.41, 5.74) is 1.47. The number of Topliss-reactive ketones (excluding diaryl/α,β-unsaturated/α-hetero) is 1. The number of phenols is 1. The first-order valence-corrected chi connectivity index (χ1v) is 13.4. The Balaban J connectivity index is 1.23. The van der Waals surface area contributed by atoms with E-state index in [1.165, 1.54) is 37.4 Å². The van der Waals surface area contributed by atoms with Gasteiger partial charge in [-0.25, -0.2) is 4.79 Å². The molecule has 226 valence electrons. The number of phenolic OH excluding ortho intramolecular Hbond substituents is 1. The van der Waals surface area contributed by atoms with Crippen molar-refractivity contribution in [3.8, 4) is 23.0 Å². The topological polar surface area (TPSA) is 174 Å². The van der Waals surface area contributed by atoms with E-state index in [-0.39, 0.29) is 29.2 Å². The third-order valence-corrected chi connectivity index (χ3v) is 6.98. The number of benzene rings is 3. The van der Waals surface area contributed by atoms with E-state index in [9.17, 15) is 30.0 Å². The molecule has 1 aliphatic heterocycles. The highest BCUT2D eigenvalue weighted by atomic mass is 16.7. The number of ketones is 1. The number of aromatic hydroxyl groups is 1. The highest BCUT2D eigenvalue weighted by molar-refractivity contribution is 6.01. The first kappa shape index (κ1) is 29.9. The number of hydrogen-bond acceptors (Lipinski definition) is 12. The summed E-state index contributed by atoms with van der Waals surface area (Å²) in [5, 5.41) is 42.9. The second-order valence-electron chi connectivity index (χ2n) is 9.84. The summed E-state index contributed by atoms with van der Waals surface area (Å²) in [6, 6.07) is 17.7. The van der Waals surface area contributed by atoms with E-state index in [1.807, 2.05) is 24.3 Å². The third kappa shape index (κ3) is 6.89. The molecule has 2 heterocycles. The number of methoxy groups -OCH3 is 1. The average Bonchev–Trinajstić information content (AvgIpc) is 3.48. The van der Waals surface area contributed by atoms with Crippen LogP contribution in [0.15, 0.2) is 77.4 Å². The van der Waals surface area contributed by atoms with Crippen molar-refractivity contribution in [3.05, 3.63) is 84.1 Å². The molecule has 0 spiro atoms. The maximum atomic E-state index is 13.2. The van der Waals surface area contributed by atoms with Crippen LogP contribution in [0.3, 0.4) is 0 Å². The van der Waals surface area contributed by atoms with E-state index in [1.54, 1.807) is 18.4 Å². The molecule has 0 amide bonds. The van der Waals surface area contributed by atoms with Crippen LogP contribution in [0, 0.1) is 0 Å². The van der Waals surface area contributed by atoms with Gasteiger partial charge in [0.2, 0.25) is 6.29 Å². The molecule has 0 bridgehead atoms. The van der Waals surface area contributed by atoms with Crippen LogP contribution in [-0.4, -0.2) is 76.8 Å². The van der Waals surface area contributed by atoms with Crippen LogP contribution in [0.4, 0.5) is 4.79 Å². The van der Waals surface area contributed by atoms with Gasteiger partial charge >= 0.3 is 6.16 Å². The van der Waals surface area contributed by atoms with Crippen molar-refractivity contribution in [2.24, 2.45) is 0 Å². The Morgan fingerprint density at radius 3 is 2.44 bits per heavy atom. The van der Waals surface area contributed by atoms with E-state index in [2.05, 4.69) is 0 Å². The van der Waals surface area contributed by atoms with Crippen LogP contribution in [0.1, 0.15) is 22.3 Å². The number of fused-ring (bicyclic) bond motifs is 1. The van der Waals surface area contributed by atoms with Gasteiger partial charge in [0, 0.05) is 11.8 Å². The molecule has 1 aromatic heterocycles. The van der Waals surface area contributed by atoms with Crippen molar-refractivity contribution >= 4 is 22.9 Å². The molecule has 5 atom stereocenters. The summed E-state index contributed by atoms with van der Waals surface area (Å²) in [4.78, 5) is 25.4. The highest BCUT2D eigenvalue weighted by Gasteiger charge is 2.46. The lowest BCUT2D eigenvalue weighted by atomic mass is 9.98. The third-order valence-electron chi connectivity index (χ3n) is 6.98. The summed E-state index contributed by atoms with van der Waals surface area (Å²) >= 11 is 0. The Morgan fingerprint density at radius 2 is 1.67 bits per heavy atom. The molecule has 0 radical (unpaired) electrons. The molecule has 1 saturated heterocycles. The molecule has 12 heteroatoms. The fourth-order valence-corrected chi connectivity index (χ4v) is 4.65. The number of ether oxygens (including phenoxy) is 5. The van der Waals surface area contributed by atoms with Gasteiger partial charge in [0.1, 0.15) is 65.2 Å². The second kappa shape index (κ2) is 13.1. The lowest BCUT2D eigenvalue weighted by molar-refractivity contribution is -0.277. The molecule has 4 aromatic rings. The van der Waals surface area contributed by atoms with Gasteiger partial charge in [-0.15, -0.1) is 0 Å². The summed E-state index contributed by atoms with van der Waals surface area (Å²) < 4.78 is 31.9. The number of aryl methyl sites for hydroxylation is 1. The van der Waals surface area contributed by atoms with Crippen LogP contribution in [0.2, 0.25) is 0 Å². The maximum absolute atomic E-state index is 13.2. The SMILES string of the molecule is COc1ccc(OC(=O)OC[C@H]2O[C@@H](Oc3cccc(O)c3C(=O)CCc3ccc4occc4c3)[C@H](O)[C@@H](O)[C@@H]2O)cc1. The standard InChI is InChI=1S/C31H30O12/c1-38-19-7-9-20(10-8-19)41-31(37)40-16-25-27(34)28(35)29(36)30(43-25)42-24-4-2-3-21(32)26(24)22(33)11-5-17-6-12-23-18(15-17)13-14-39-23/h2-4,6-10,12-15,25,27-30,32,34-36H,5,11,16H2,1H3/t25-,27-,28+,29-,30-/m1/s1. The van der Waals surface area contributed by atoms with E-state index in [4.69, 9.17) is 28.1 Å². The van der Waals surface area contributed by atoms with Crippen molar-refractivity contribution in [1.82, 2.24) is 0 Å². The minimum Gasteiger partial charge on any atom is -0.507 e. The number of carbonyl (C=O) groups is 2. The Bertz CT molecular complexity index is 1560. The molecule has 1 fully saturated rings. The Morgan fingerprint density at radius 1 is 0.907 bits per heavy atom. The lowest BCUT2D eigenvalue weighted by Crippen LogP contribution is -2.60. The largest absolute Gasteiger partial charge is 0.513 e. The lowest BCUT2D eigenvalue weighted by Gasteiger charge is -2.40. The zero-order chi connectivity index (χ0) is 30.5. The number of rotatable bonds is 10. The van der Waals surface area contributed by atoms with Crippen molar-refractivity contribution in [2.75, 3.05) is 13.7 Å². The van der Waals surface area contributed by atoms with Gasteiger partial charge in [0.25, 0.3) is 0 Å². The minimum absolute atomic E-state index is 0.0273. The fraction of sp³-hybridized carbons (Fsp3) is 0.290. The highest BCUT2D eigenvalue weighted by Crippen LogP contribution is 2.33. The van der Waals surface area contributed by atoms with Gasteiger partial charge in [0.05, 0.1) is 13.4 Å². The molecule has 12 nitrogen and oxygen atoms in total. The molecule has 3 aromatic carbocycles. The second-order valence-corrected chi connectivity index (χ2v) is 9.84. The predicted molar refractivity (Wildman–Crippen MR) is 149 cm³/mol. The molecular formula is C31H30O12. The van der Waals surface area contributed by atoms with Crippen molar-refractivity contribution in [2.45, 2.75) is 43.5 Å². The van der Waals surface area contributed by atoms with Crippen molar-refractivity contribution in [1.29, 1.82) is 0 Å². The van der Waals surface area contributed by atoms with Gasteiger partial charge in [0.15, 0.2) is 5.78 Å². The monoisotopic (exact) mass is 594 g/mol. The molecular weight excluding hydrogens is 564 g/mol. The van der Waals surface area contributed by atoms with E-state index >= 15 is 0 Å². The van der Waals surface area contributed by atoms with Gasteiger partial charge in [-0.1, -0.05) is 12.1 Å². The quantitative estimate of drug-likeness (QED) is 0.120. The number of aliphatic hydroxyl groups is 3. The van der Waals surface area contributed by atoms with Crippen LogP contribution in [0.25, 0.3) is 11.0 Å². The van der Waals surface area contributed by atoms with Crippen molar-refractivity contribution < 1.29 is 58.1 Å². The van der Waals surface area contributed by atoms with Crippen LogP contribution in [-0.2, 0) is 15.9 Å².